The van der Waals surface area contributed by atoms with Crippen LogP contribution in [-0.2, 0) is 0 Å². The maximum absolute atomic E-state index is 9.92. The molecule has 2 atom stereocenters. The number of hydrogen-bond acceptors (Lipinski definition) is 2. The van der Waals surface area contributed by atoms with Crippen LogP contribution in [0.4, 0.5) is 0 Å². The third kappa shape index (κ3) is 4.23. The highest BCUT2D eigenvalue weighted by Gasteiger charge is 2.11. The van der Waals surface area contributed by atoms with Gasteiger partial charge in [0.2, 0.25) is 0 Å². The topological polar surface area (TPSA) is 32.3 Å². The van der Waals surface area contributed by atoms with E-state index in [9.17, 15) is 5.11 Å². The lowest BCUT2D eigenvalue weighted by atomic mass is 10.1. The molecule has 0 heterocycles. The van der Waals surface area contributed by atoms with E-state index in [2.05, 4.69) is 37.6 Å². The minimum Gasteiger partial charge on any atom is -0.508 e. The zero-order valence-electron chi connectivity index (χ0n) is 12.2. The highest BCUT2D eigenvalue weighted by molar-refractivity contribution is 7.36. The van der Waals surface area contributed by atoms with Crippen LogP contribution in [0.3, 0.4) is 0 Å². The molecule has 0 aliphatic heterocycles. The van der Waals surface area contributed by atoms with Gasteiger partial charge in [-0.15, -0.1) is 0 Å². The van der Waals surface area contributed by atoms with Gasteiger partial charge in [0.15, 0.2) is 0 Å². The van der Waals surface area contributed by atoms with Gasteiger partial charge in [-0.25, -0.2) is 0 Å². The summed E-state index contributed by atoms with van der Waals surface area (Å²) in [5.74, 6) is 0.280. The van der Waals surface area contributed by atoms with Crippen molar-refractivity contribution >= 4 is 26.0 Å². The summed E-state index contributed by atoms with van der Waals surface area (Å²) in [6, 6.07) is 13.4. The van der Waals surface area contributed by atoms with Gasteiger partial charge in [-0.05, 0) is 45.5 Å². The van der Waals surface area contributed by atoms with Crippen molar-refractivity contribution in [3.63, 3.8) is 0 Å². The van der Waals surface area contributed by atoms with Gasteiger partial charge >= 0.3 is 0 Å². The van der Waals surface area contributed by atoms with Crippen molar-refractivity contribution in [3.8, 4) is 5.75 Å². The summed E-state index contributed by atoms with van der Waals surface area (Å²) < 4.78 is 0. The fourth-order valence-corrected chi connectivity index (χ4v) is 3.15. The van der Waals surface area contributed by atoms with E-state index in [0.717, 1.165) is 16.8 Å². The molecule has 2 aromatic carbocycles. The molecule has 0 aliphatic rings. The van der Waals surface area contributed by atoms with E-state index >= 15 is 0 Å². The number of hydrogen-bond donors (Lipinski definition) is 2. The second kappa shape index (κ2) is 6.98. The molecular weight excluding hydrogens is 301 g/mol. The van der Waals surface area contributed by atoms with Crippen LogP contribution in [0.2, 0.25) is 5.02 Å². The lowest BCUT2D eigenvalue weighted by Gasteiger charge is -2.17. The second-order valence-corrected chi connectivity index (χ2v) is 6.88. The quantitative estimate of drug-likeness (QED) is 0.736. The number of benzene rings is 2. The summed E-state index contributed by atoms with van der Waals surface area (Å²) >= 11 is 5.99. The Labute approximate surface area is 132 Å². The van der Waals surface area contributed by atoms with E-state index in [1.54, 1.807) is 12.1 Å². The Morgan fingerprint density at radius 2 is 2.05 bits per heavy atom. The molecule has 2 rings (SSSR count). The van der Waals surface area contributed by atoms with E-state index < -0.39 is 0 Å². The number of phenols is 1. The molecule has 0 aromatic heterocycles. The first-order valence-electron chi connectivity index (χ1n) is 6.73. The molecule has 2 N–H and O–H groups in total. The van der Waals surface area contributed by atoms with Crippen LogP contribution in [0, 0.1) is 6.92 Å². The van der Waals surface area contributed by atoms with E-state index in [1.165, 1.54) is 5.56 Å². The summed E-state index contributed by atoms with van der Waals surface area (Å²) in [5.41, 5.74) is 4.20. The van der Waals surface area contributed by atoms with Crippen molar-refractivity contribution in [2.75, 3.05) is 0 Å². The molecule has 0 bridgehead atoms. The van der Waals surface area contributed by atoms with Gasteiger partial charge in [-0.3, -0.25) is 0 Å². The molecule has 2 aromatic rings. The lowest BCUT2D eigenvalue weighted by molar-refractivity contribution is 0.468. The van der Waals surface area contributed by atoms with Crippen LogP contribution in [0.5, 0.6) is 5.75 Å². The molecule has 0 saturated carbocycles. The largest absolute Gasteiger partial charge is 0.508 e. The Kier molecular flexibility index (Phi) is 5.27. The van der Waals surface area contributed by atoms with E-state index in [0.29, 0.717) is 13.8 Å². The standard InChI is InChI=1S/C17H19ClNOP/c1-11-5-4-6-14(9-11)12(2)19-21-13(3)16-10-15(18)7-8-17(16)20/h4-10,13,19-21H,2H2,1,3H3. The molecule has 110 valence electrons. The lowest BCUT2D eigenvalue weighted by Crippen LogP contribution is -2.02. The number of aromatic hydroxyl groups is 1. The first kappa shape index (κ1) is 15.9. The Bertz CT molecular complexity index is 657. The molecule has 0 aliphatic carbocycles. The highest BCUT2D eigenvalue weighted by atomic mass is 35.5. The zero-order chi connectivity index (χ0) is 15.4. The normalized spacial score (nSPS) is 12.5. The zero-order valence-corrected chi connectivity index (χ0v) is 13.9. The van der Waals surface area contributed by atoms with Gasteiger partial charge in [0.25, 0.3) is 0 Å². The predicted octanol–water partition coefficient (Wildman–Crippen LogP) is 5.27. The van der Waals surface area contributed by atoms with Crippen LogP contribution >= 0.6 is 20.3 Å². The molecule has 0 radical (unpaired) electrons. The maximum Gasteiger partial charge on any atom is 0.119 e. The van der Waals surface area contributed by atoms with Crippen molar-refractivity contribution in [1.82, 2.24) is 5.09 Å². The van der Waals surface area contributed by atoms with Crippen molar-refractivity contribution in [1.29, 1.82) is 0 Å². The molecular formula is C17H19ClNOP. The number of aryl methyl sites for hydroxylation is 1. The van der Waals surface area contributed by atoms with Crippen LogP contribution in [0.1, 0.15) is 29.3 Å². The number of halogens is 1. The average Bonchev–Trinajstić information content (AvgIpc) is 2.47. The number of phenolic OH excluding ortho intramolecular Hbond substituents is 1. The minimum atomic E-state index is 0.158. The highest BCUT2D eigenvalue weighted by Crippen LogP contribution is 2.38. The minimum absolute atomic E-state index is 0.158. The van der Waals surface area contributed by atoms with Crippen molar-refractivity contribution in [2.24, 2.45) is 0 Å². The van der Waals surface area contributed by atoms with Gasteiger partial charge in [0.05, 0.1) is 0 Å². The summed E-state index contributed by atoms with van der Waals surface area (Å²) in [4.78, 5) is 0. The molecule has 0 fully saturated rings. The second-order valence-electron chi connectivity index (χ2n) is 5.04. The molecule has 2 unspecified atom stereocenters. The van der Waals surface area contributed by atoms with Crippen molar-refractivity contribution < 1.29 is 5.11 Å². The van der Waals surface area contributed by atoms with Crippen LogP contribution in [0.25, 0.3) is 5.70 Å². The van der Waals surface area contributed by atoms with Crippen LogP contribution in [0.15, 0.2) is 49.0 Å². The van der Waals surface area contributed by atoms with Crippen molar-refractivity contribution in [2.45, 2.75) is 19.5 Å². The fourth-order valence-electron chi connectivity index (χ4n) is 2.05. The number of rotatable bonds is 5. The fraction of sp³-hybridized carbons (Fsp3) is 0.176. The van der Waals surface area contributed by atoms with Crippen LogP contribution in [-0.4, -0.2) is 5.11 Å². The van der Waals surface area contributed by atoms with E-state index in [4.69, 9.17) is 11.6 Å². The predicted molar refractivity (Wildman–Crippen MR) is 93.2 cm³/mol. The monoisotopic (exact) mass is 319 g/mol. The van der Waals surface area contributed by atoms with E-state index in [1.807, 2.05) is 18.2 Å². The van der Waals surface area contributed by atoms with Gasteiger partial charge in [0, 0.05) is 21.9 Å². The summed E-state index contributed by atoms with van der Waals surface area (Å²) in [7, 11) is 0.411. The van der Waals surface area contributed by atoms with Crippen LogP contribution < -0.4 is 5.09 Å². The van der Waals surface area contributed by atoms with Gasteiger partial charge in [0.1, 0.15) is 5.75 Å². The SMILES string of the molecule is C=C(NPC(C)c1cc(Cl)ccc1O)c1cccc(C)c1. The molecule has 0 amide bonds. The van der Waals surface area contributed by atoms with Gasteiger partial charge in [-0.2, -0.15) is 0 Å². The van der Waals surface area contributed by atoms with Gasteiger partial charge in [-0.1, -0.05) is 48.9 Å². The third-order valence-electron chi connectivity index (χ3n) is 3.26. The average molecular weight is 320 g/mol. The molecule has 0 spiro atoms. The molecule has 0 saturated heterocycles. The third-order valence-corrected chi connectivity index (χ3v) is 4.69. The Morgan fingerprint density at radius 3 is 2.76 bits per heavy atom. The first-order valence-corrected chi connectivity index (χ1v) is 8.19. The summed E-state index contributed by atoms with van der Waals surface area (Å²) in [6.07, 6.45) is 0. The van der Waals surface area contributed by atoms with E-state index in [-0.39, 0.29) is 11.4 Å². The molecule has 4 heteroatoms. The summed E-state index contributed by atoms with van der Waals surface area (Å²) in [6.45, 7) is 8.20. The Hall–Kier alpha value is -1.50. The van der Waals surface area contributed by atoms with Crippen molar-refractivity contribution in [3.05, 3.63) is 70.8 Å². The maximum atomic E-state index is 9.92. The smallest absolute Gasteiger partial charge is 0.119 e. The Morgan fingerprint density at radius 1 is 1.29 bits per heavy atom. The first-order chi connectivity index (χ1) is 9.97. The number of nitrogens with one attached hydrogen (secondary N) is 1. The Balaban J connectivity index is 2.02. The van der Waals surface area contributed by atoms with Gasteiger partial charge < -0.3 is 10.2 Å². The molecule has 21 heavy (non-hydrogen) atoms. The summed E-state index contributed by atoms with van der Waals surface area (Å²) in [5, 5.41) is 13.9. The molecule has 2 nitrogen and oxygen atoms in total.